The number of halogens is 2. The van der Waals surface area contributed by atoms with Gasteiger partial charge in [-0.05, 0) is 29.8 Å². The number of anilines is 2. The molecule has 0 aromatic heterocycles. The van der Waals surface area contributed by atoms with Gasteiger partial charge in [-0.25, -0.2) is 0 Å². The van der Waals surface area contributed by atoms with Crippen LogP contribution in [0.2, 0.25) is 10.0 Å². The maximum Gasteiger partial charge on any atom is 0.0639 e. The van der Waals surface area contributed by atoms with Gasteiger partial charge in [0.25, 0.3) is 0 Å². The van der Waals surface area contributed by atoms with Crippen molar-refractivity contribution in [1.82, 2.24) is 0 Å². The summed E-state index contributed by atoms with van der Waals surface area (Å²) in [5, 5.41) is 4.60. The van der Waals surface area contributed by atoms with Crippen molar-refractivity contribution in [2.75, 3.05) is 11.1 Å². The van der Waals surface area contributed by atoms with Crippen LogP contribution in [0.1, 0.15) is 5.56 Å². The molecule has 0 aliphatic heterocycles. The van der Waals surface area contributed by atoms with E-state index in [9.17, 15) is 0 Å². The van der Waals surface area contributed by atoms with E-state index in [0.29, 0.717) is 17.3 Å². The smallest absolute Gasteiger partial charge is 0.0639 e. The zero-order valence-corrected chi connectivity index (χ0v) is 10.6. The number of nitrogens with one attached hydrogen (secondary N) is 1. The van der Waals surface area contributed by atoms with Crippen LogP contribution in [0.25, 0.3) is 0 Å². The molecule has 2 nitrogen and oxygen atoms in total. The van der Waals surface area contributed by atoms with Crippen LogP contribution in [0.15, 0.2) is 42.5 Å². The summed E-state index contributed by atoms with van der Waals surface area (Å²) in [6.07, 6.45) is 0. The zero-order valence-electron chi connectivity index (χ0n) is 9.08. The van der Waals surface area contributed by atoms with Crippen LogP contribution in [0.4, 0.5) is 11.4 Å². The van der Waals surface area contributed by atoms with E-state index in [-0.39, 0.29) is 0 Å². The Balaban J connectivity index is 2.12. The predicted molar refractivity (Wildman–Crippen MR) is 74.6 cm³/mol. The molecule has 0 unspecified atom stereocenters. The molecule has 0 aliphatic rings. The van der Waals surface area contributed by atoms with Gasteiger partial charge in [-0.2, -0.15) is 0 Å². The summed E-state index contributed by atoms with van der Waals surface area (Å²) < 4.78 is 0. The van der Waals surface area contributed by atoms with Crippen molar-refractivity contribution in [3.63, 3.8) is 0 Å². The predicted octanol–water partition coefficient (Wildman–Crippen LogP) is 4.19. The Hall–Kier alpha value is -1.38. The molecule has 2 aromatic rings. The highest BCUT2D eigenvalue weighted by molar-refractivity contribution is 6.33. The SMILES string of the molecule is Nc1ccc(Cl)c(NCc2ccccc2Cl)c1. The van der Waals surface area contributed by atoms with Crippen LogP contribution in [0.3, 0.4) is 0 Å². The summed E-state index contributed by atoms with van der Waals surface area (Å²) in [5.41, 5.74) is 8.21. The van der Waals surface area contributed by atoms with Crippen LogP contribution in [0, 0.1) is 0 Å². The second-order valence-corrected chi connectivity index (χ2v) is 4.50. The van der Waals surface area contributed by atoms with Gasteiger partial charge in [-0.3, -0.25) is 0 Å². The molecule has 0 fully saturated rings. The molecule has 0 spiro atoms. The maximum absolute atomic E-state index is 6.06. The molecule has 0 aliphatic carbocycles. The molecule has 17 heavy (non-hydrogen) atoms. The lowest BCUT2D eigenvalue weighted by Gasteiger charge is -2.10. The molecule has 4 heteroatoms. The van der Waals surface area contributed by atoms with Gasteiger partial charge in [-0.15, -0.1) is 0 Å². The number of hydrogen-bond donors (Lipinski definition) is 2. The molecule has 2 rings (SSSR count). The third kappa shape index (κ3) is 3.05. The van der Waals surface area contributed by atoms with Gasteiger partial charge in [0.2, 0.25) is 0 Å². The molecule has 0 saturated heterocycles. The highest BCUT2D eigenvalue weighted by Crippen LogP contribution is 2.25. The van der Waals surface area contributed by atoms with E-state index >= 15 is 0 Å². The average Bonchev–Trinajstić information content (AvgIpc) is 2.32. The molecule has 0 saturated carbocycles. The lowest BCUT2D eigenvalue weighted by atomic mass is 10.2. The van der Waals surface area contributed by atoms with E-state index in [1.165, 1.54) is 0 Å². The van der Waals surface area contributed by atoms with E-state index in [0.717, 1.165) is 16.3 Å². The summed E-state index contributed by atoms with van der Waals surface area (Å²) in [6.45, 7) is 0.614. The van der Waals surface area contributed by atoms with Crippen LogP contribution in [0.5, 0.6) is 0 Å². The first-order valence-electron chi connectivity index (χ1n) is 5.19. The number of nitrogen functional groups attached to an aromatic ring is 1. The monoisotopic (exact) mass is 266 g/mol. The minimum absolute atomic E-state index is 0.614. The van der Waals surface area contributed by atoms with Gasteiger partial charge in [-0.1, -0.05) is 41.4 Å². The third-order valence-electron chi connectivity index (χ3n) is 2.42. The van der Waals surface area contributed by atoms with Crippen molar-refractivity contribution in [2.45, 2.75) is 6.54 Å². The Kier molecular flexibility index (Phi) is 3.77. The Morgan fingerprint density at radius 3 is 2.53 bits per heavy atom. The topological polar surface area (TPSA) is 38.0 Å². The van der Waals surface area contributed by atoms with E-state index in [2.05, 4.69) is 5.32 Å². The van der Waals surface area contributed by atoms with E-state index < -0.39 is 0 Å². The maximum atomic E-state index is 6.06. The molecule has 2 aromatic carbocycles. The van der Waals surface area contributed by atoms with Gasteiger partial charge < -0.3 is 11.1 Å². The van der Waals surface area contributed by atoms with Crippen molar-refractivity contribution < 1.29 is 0 Å². The van der Waals surface area contributed by atoms with Crippen molar-refractivity contribution in [3.05, 3.63) is 58.1 Å². The Labute approximate surface area is 110 Å². The lowest BCUT2D eigenvalue weighted by molar-refractivity contribution is 1.15. The second kappa shape index (κ2) is 5.30. The molecule has 3 N–H and O–H groups in total. The quantitative estimate of drug-likeness (QED) is 0.818. The summed E-state index contributed by atoms with van der Waals surface area (Å²) in [7, 11) is 0. The van der Waals surface area contributed by atoms with Crippen LogP contribution < -0.4 is 11.1 Å². The van der Waals surface area contributed by atoms with Crippen LogP contribution >= 0.6 is 23.2 Å². The highest BCUT2D eigenvalue weighted by atomic mass is 35.5. The van der Waals surface area contributed by atoms with Gasteiger partial charge in [0.15, 0.2) is 0 Å². The fourth-order valence-electron chi connectivity index (χ4n) is 1.51. The van der Waals surface area contributed by atoms with Gasteiger partial charge in [0.05, 0.1) is 10.7 Å². The molecule has 0 heterocycles. The minimum atomic E-state index is 0.614. The molecule has 0 amide bonds. The normalized spacial score (nSPS) is 10.2. The second-order valence-electron chi connectivity index (χ2n) is 3.68. The standard InChI is InChI=1S/C13H12Cl2N2/c14-11-4-2-1-3-9(11)8-17-13-7-10(16)5-6-12(13)15/h1-7,17H,8,16H2. The van der Waals surface area contributed by atoms with Crippen molar-refractivity contribution in [1.29, 1.82) is 0 Å². The lowest BCUT2D eigenvalue weighted by Crippen LogP contribution is -2.01. The fourth-order valence-corrected chi connectivity index (χ4v) is 1.90. The number of benzene rings is 2. The molecular formula is C13H12Cl2N2. The summed E-state index contributed by atoms with van der Waals surface area (Å²) in [4.78, 5) is 0. The van der Waals surface area contributed by atoms with Crippen molar-refractivity contribution in [3.8, 4) is 0 Å². The molecule has 0 bridgehead atoms. The minimum Gasteiger partial charge on any atom is -0.399 e. The third-order valence-corrected chi connectivity index (χ3v) is 3.12. The van der Waals surface area contributed by atoms with E-state index in [1.807, 2.05) is 24.3 Å². The fraction of sp³-hybridized carbons (Fsp3) is 0.0769. The first-order valence-corrected chi connectivity index (χ1v) is 5.95. The zero-order chi connectivity index (χ0) is 12.3. The summed E-state index contributed by atoms with van der Waals surface area (Å²) in [5.74, 6) is 0. The van der Waals surface area contributed by atoms with E-state index in [1.54, 1.807) is 18.2 Å². The molecule has 88 valence electrons. The Bertz CT molecular complexity index is 527. The number of nitrogens with two attached hydrogens (primary N) is 1. The van der Waals surface area contributed by atoms with Crippen molar-refractivity contribution >= 4 is 34.6 Å². The van der Waals surface area contributed by atoms with Gasteiger partial charge in [0.1, 0.15) is 0 Å². The average molecular weight is 267 g/mol. The molecule has 0 atom stereocenters. The Morgan fingerprint density at radius 2 is 1.76 bits per heavy atom. The molecular weight excluding hydrogens is 255 g/mol. The largest absolute Gasteiger partial charge is 0.399 e. The number of rotatable bonds is 3. The first-order chi connectivity index (χ1) is 8.16. The molecule has 0 radical (unpaired) electrons. The van der Waals surface area contributed by atoms with Gasteiger partial charge >= 0.3 is 0 Å². The van der Waals surface area contributed by atoms with Gasteiger partial charge in [0, 0.05) is 17.3 Å². The first kappa shape index (κ1) is 12.1. The highest BCUT2D eigenvalue weighted by Gasteiger charge is 2.02. The summed E-state index contributed by atoms with van der Waals surface area (Å²) in [6, 6.07) is 13.0. The van der Waals surface area contributed by atoms with Crippen LogP contribution in [-0.2, 0) is 6.54 Å². The summed E-state index contributed by atoms with van der Waals surface area (Å²) >= 11 is 12.1. The van der Waals surface area contributed by atoms with Crippen molar-refractivity contribution in [2.24, 2.45) is 0 Å². The van der Waals surface area contributed by atoms with Crippen LogP contribution in [-0.4, -0.2) is 0 Å². The number of hydrogen-bond acceptors (Lipinski definition) is 2. The Morgan fingerprint density at radius 1 is 1.00 bits per heavy atom. The van der Waals surface area contributed by atoms with E-state index in [4.69, 9.17) is 28.9 Å².